The highest BCUT2D eigenvalue weighted by Gasteiger charge is 2.17. The van der Waals surface area contributed by atoms with Gasteiger partial charge in [-0.25, -0.2) is 0 Å². The number of aryl methyl sites for hydroxylation is 1. The van der Waals surface area contributed by atoms with Crippen LogP contribution >= 0.6 is 0 Å². The molecule has 1 aromatic rings. The fourth-order valence-electron chi connectivity index (χ4n) is 1.95. The lowest BCUT2D eigenvalue weighted by molar-refractivity contribution is -0.129. The van der Waals surface area contributed by atoms with Crippen LogP contribution in [-0.4, -0.2) is 18.1 Å². The normalized spacial score (nSPS) is 13.9. The zero-order chi connectivity index (χ0) is 14.4. The van der Waals surface area contributed by atoms with Gasteiger partial charge in [0.15, 0.2) is 0 Å². The molecule has 0 aliphatic rings. The number of ether oxygens (including phenoxy) is 1. The zero-order valence-electron chi connectivity index (χ0n) is 12.2. The molecule has 1 rings (SSSR count). The van der Waals surface area contributed by atoms with Crippen molar-refractivity contribution < 1.29 is 9.53 Å². The molecule has 4 nitrogen and oxygen atoms in total. The molecule has 0 aliphatic heterocycles. The minimum absolute atomic E-state index is 0.0956. The summed E-state index contributed by atoms with van der Waals surface area (Å²) in [7, 11) is 0. The van der Waals surface area contributed by atoms with E-state index in [0.29, 0.717) is 5.69 Å². The van der Waals surface area contributed by atoms with Gasteiger partial charge in [0, 0.05) is 11.4 Å². The number of nitrogen functional groups attached to an aromatic ring is 1. The van der Waals surface area contributed by atoms with E-state index in [1.54, 1.807) is 13.0 Å². The number of benzene rings is 1. The minimum Gasteiger partial charge on any atom is -0.399 e. The molecule has 2 unspecified atom stereocenters. The summed E-state index contributed by atoms with van der Waals surface area (Å²) < 4.78 is 5.65. The van der Waals surface area contributed by atoms with Gasteiger partial charge in [-0.3, -0.25) is 4.79 Å². The van der Waals surface area contributed by atoms with Crippen LogP contribution in [0.1, 0.15) is 39.2 Å². The lowest BCUT2D eigenvalue weighted by Crippen LogP contribution is -2.31. The second kappa shape index (κ2) is 7.14. The van der Waals surface area contributed by atoms with Crippen molar-refractivity contribution in [2.45, 2.75) is 52.7 Å². The maximum atomic E-state index is 12.0. The molecular weight excluding hydrogens is 240 g/mol. The summed E-state index contributed by atoms with van der Waals surface area (Å²) in [4.78, 5) is 12.0. The van der Waals surface area contributed by atoms with Crippen LogP contribution in [0.15, 0.2) is 18.2 Å². The molecule has 1 amide bonds. The van der Waals surface area contributed by atoms with Crippen LogP contribution in [0, 0.1) is 6.92 Å². The standard InChI is InChI=1S/C15H24N2O2/c1-5-6-11(3)19-12(4)15(18)17-14-8-7-13(16)9-10(14)2/h7-9,11-12H,5-6,16H2,1-4H3,(H,17,18). The van der Waals surface area contributed by atoms with E-state index < -0.39 is 6.10 Å². The summed E-state index contributed by atoms with van der Waals surface area (Å²) in [5.41, 5.74) is 8.09. The van der Waals surface area contributed by atoms with E-state index in [0.717, 1.165) is 24.1 Å². The summed E-state index contributed by atoms with van der Waals surface area (Å²) >= 11 is 0. The number of nitrogens with one attached hydrogen (secondary N) is 1. The van der Waals surface area contributed by atoms with E-state index in [4.69, 9.17) is 10.5 Å². The smallest absolute Gasteiger partial charge is 0.253 e. The Balaban J connectivity index is 2.58. The highest BCUT2D eigenvalue weighted by Crippen LogP contribution is 2.18. The van der Waals surface area contributed by atoms with Gasteiger partial charge in [-0.2, -0.15) is 0 Å². The molecule has 0 aliphatic carbocycles. The fraction of sp³-hybridized carbons (Fsp3) is 0.533. The Morgan fingerprint density at radius 3 is 2.68 bits per heavy atom. The Kier molecular flexibility index (Phi) is 5.83. The number of anilines is 2. The van der Waals surface area contributed by atoms with Gasteiger partial charge in [0.05, 0.1) is 6.10 Å². The van der Waals surface area contributed by atoms with E-state index in [1.807, 2.05) is 26.0 Å². The van der Waals surface area contributed by atoms with Crippen molar-refractivity contribution >= 4 is 17.3 Å². The molecule has 0 aromatic heterocycles. The maximum Gasteiger partial charge on any atom is 0.253 e. The molecule has 0 saturated heterocycles. The molecule has 0 radical (unpaired) electrons. The molecular formula is C15H24N2O2. The molecule has 1 aromatic carbocycles. The van der Waals surface area contributed by atoms with Gasteiger partial charge in [0.1, 0.15) is 6.10 Å². The van der Waals surface area contributed by atoms with Gasteiger partial charge in [-0.15, -0.1) is 0 Å². The molecule has 4 heteroatoms. The second-order valence-corrected chi connectivity index (χ2v) is 4.94. The van der Waals surface area contributed by atoms with Crippen LogP contribution in [0.2, 0.25) is 0 Å². The Morgan fingerprint density at radius 2 is 2.11 bits per heavy atom. The quantitative estimate of drug-likeness (QED) is 0.776. The Morgan fingerprint density at radius 1 is 1.42 bits per heavy atom. The molecule has 0 heterocycles. The molecule has 106 valence electrons. The second-order valence-electron chi connectivity index (χ2n) is 4.94. The van der Waals surface area contributed by atoms with Crippen LogP contribution in [-0.2, 0) is 9.53 Å². The first kappa shape index (κ1) is 15.5. The first-order valence-electron chi connectivity index (χ1n) is 6.76. The van der Waals surface area contributed by atoms with Crippen molar-refractivity contribution in [3.8, 4) is 0 Å². The number of amides is 1. The summed E-state index contributed by atoms with van der Waals surface area (Å²) in [6.07, 6.45) is 1.64. The van der Waals surface area contributed by atoms with Crippen molar-refractivity contribution in [3.63, 3.8) is 0 Å². The first-order valence-corrected chi connectivity index (χ1v) is 6.76. The summed E-state index contributed by atoms with van der Waals surface area (Å²) in [5.74, 6) is -0.129. The molecule has 0 fully saturated rings. The third-order valence-electron chi connectivity index (χ3n) is 3.01. The van der Waals surface area contributed by atoms with Gasteiger partial charge < -0.3 is 15.8 Å². The van der Waals surface area contributed by atoms with Crippen molar-refractivity contribution in [1.82, 2.24) is 0 Å². The molecule has 2 atom stereocenters. The Hall–Kier alpha value is -1.55. The SMILES string of the molecule is CCCC(C)OC(C)C(=O)Nc1ccc(N)cc1C. The van der Waals surface area contributed by atoms with Crippen molar-refractivity contribution in [2.24, 2.45) is 0 Å². The van der Waals surface area contributed by atoms with Crippen LogP contribution in [0.25, 0.3) is 0 Å². The number of hydrogen-bond donors (Lipinski definition) is 2. The molecule has 3 N–H and O–H groups in total. The largest absolute Gasteiger partial charge is 0.399 e. The van der Waals surface area contributed by atoms with Crippen LogP contribution < -0.4 is 11.1 Å². The van der Waals surface area contributed by atoms with Gasteiger partial charge in [0.2, 0.25) is 0 Å². The Labute approximate surface area is 115 Å². The van der Waals surface area contributed by atoms with Crippen molar-refractivity contribution in [2.75, 3.05) is 11.1 Å². The first-order chi connectivity index (χ1) is 8.93. The number of hydrogen-bond acceptors (Lipinski definition) is 3. The molecule has 0 saturated carbocycles. The monoisotopic (exact) mass is 264 g/mol. The number of rotatable bonds is 6. The minimum atomic E-state index is -0.460. The number of carbonyl (C=O) groups is 1. The van der Waals surface area contributed by atoms with Gasteiger partial charge in [0.25, 0.3) is 5.91 Å². The van der Waals surface area contributed by atoms with Crippen LogP contribution in [0.3, 0.4) is 0 Å². The summed E-state index contributed by atoms with van der Waals surface area (Å²) in [6.45, 7) is 7.77. The zero-order valence-corrected chi connectivity index (χ0v) is 12.2. The van der Waals surface area contributed by atoms with Gasteiger partial charge >= 0.3 is 0 Å². The lowest BCUT2D eigenvalue weighted by Gasteiger charge is -2.19. The van der Waals surface area contributed by atoms with E-state index >= 15 is 0 Å². The third-order valence-corrected chi connectivity index (χ3v) is 3.01. The van der Waals surface area contributed by atoms with Crippen LogP contribution in [0.5, 0.6) is 0 Å². The summed E-state index contributed by atoms with van der Waals surface area (Å²) in [5, 5.41) is 2.87. The highest BCUT2D eigenvalue weighted by molar-refractivity contribution is 5.94. The van der Waals surface area contributed by atoms with Crippen molar-refractivity contribution in [3.05, 3.63) is 23.8 Å². The topological polar surface area (TPSA) is 64.3 Å². The lowest BCUT2D eigenvalue weighted by atomic mass is 10.1. The third kappa shape index (κ3) is 4.91. The predicted molar refractivity (Wildman–Crippen MR) is 79.1 cm³/mol. The van der Waals surface area contributed by atoms with E-state index in [1.165, 1.54) is 0 Å². The Bertz CT molecular complexity index is 432. The maximum absolute atomic E-state index is 12.0. The predicted octanol–water partition coefficient (Wildman–Crippen LogP) is 3.11. The van der Waals surface area contributed by atoms with E-state index in [9.17, 15) is 4.79 Å². The molecule has 19 heavy (non-hydrogen) atoms. The van der Waals surface area contributed by atoms with Crippen LogP contribution in [0.4, 0.5) is 11.4 Å². The van der Waals surface area contributed by atoms with Gasteiger partial charge in [-0.05, 0) is 51.0 Å². The number of carbonyl (C=O) groups excluding carboxylic acids is 1. The van der Waals surface area contributed by atoms with Gasteiger partial charge in [-0.1, -0.05) is 13.3 Å². The summed E-state index contributed by atoms with van der Waals surface area (Å²) in [6, 6.07) is 5.42. The average molecular weight is 264 g/mol. The number of nitrogens with two attached hydrogens (primary N) is 1. The molecule has 0 spiro atoms. The average Bonchev–Trinajstić information content (AvgIpc) is 2.32. The van der Waals surface area contributed by atoms with E-state index in [2.05, 4.69) is 12.2 Å². The molecule has 0 bridgehead atoms. The highest BCUT2D eigenvalue weighted by atomic mass is 16.5. The van der Waals surface area contributed by atoms with Crippen molar-refractivity contribution in [1.29, 1.82) is 0 Å². The van der Waals surface area contributed by atoms with E-state index in [-0.39, 0.29) is 12.0 Å². The fourth-order valence-corrected chi connectivity index (χ4v) is 1.95.